The molecule has 0 spiro atoms. The van der Waals surface area contributed by atoms with E-state index in [-0.39, 0.29) is 29.6 Å². The molecule has 1 saturated carbocycles. The van der Waals surface area contributed by atoms with Crippen molar-refractivity contribution in [2.45, 2.75) is 38.8 Å². The van der Waals surface area contributed by atoms with Crippen LogP contribution < -0.4 is 25.7 Å². The van der Waals surface area contributed by atoms with Crippen LogP contribution in [0, 0.1) is 5.92 Å². The van der Waals surface area contributed by atoms with E-state index in [2.05, 4.69) is 29.7 Å². The second kappa shape index (κ2) is 11.8. The summed E-state index contributed by atoms with van der Waals surface area (Å²) in [6.45, 7) is 3.17. The standard InChI is InChI=1S/C20H23N3O4.C9H10O/c1-12-7-17(12)22-18(24)14-9-16(19(25)21-2)20(26)23(11-14)10-13-5-4-6-15(8-13)27-3;1-2-6-9-8(4-1)5-3-7-10-9/h4-6,8-9,11-12,17H,7,10H2,1-3H3,(H,21,25)(H,22,24);1-2,4,6H,3,5,7H2/t12-,17-;/m1./s1. The molecule has 2 aromatic carbocycles. The van der Waals surface area contributed by atoms with Gasteiger partial charge in [0.25, 0.3) is 17.4 Å². The van der Waals surface area contributed by atoms with E-state index < -0.39 is 11.5 Å². The Balaban J connectivity index is 0.000000265. The van der Waals surface area contributed by atoms with Crippen LogP contribution in [-0.2, 0) is 13.0 Å². The van der Waals surface area contributed by atoms with Gasteiger partial charge < -0.3 is 24.7 Å². The van der Waals surface area contributed by atoms with E-state index in [1.165, 1.54) is 35.9 Å². The Bertz CT molecular complexity index is 1310. The van der Waals surface area contributed by atoms with Crippen LogP contribution >= 0.6 is 0 Å². The number of methoxy groups -OCH3 is 1. The first-order valence-corrected chi connectivity index (χ1v) is 12.5. The van der Waals surface area contributed by atoms with Crippen molar-refractivity contribution < 1.29 is 19.1 Å². The Hall–Kier alpha value is -4.07. The van der Waals surface area contributed by atoms with Crippen molar-refractivity contribution in [2.24, 2.45) is 5.92 Å². The second-order valence-corrected chi connectivity index (χ2v) is 9.36. The van der Waals surface area contributed by atoms with Gasteiger partial charge in [-0.15, -0.1) is 0 Å². The molecule has 0 radical (unpaired) electrons. The van der Waals surface area contributed by atoms with Crippen LogP contribution in [0.15, 0.2) is 65.6 Å². The molecule has 2 N–H and O–H groups in total. The molecule has 3 aromatic rings. The number of nitrogens with zero attached hydrogens (tertiary/aromatic N) is 1. The minimum Gasteiger partial charge on any atom is -0.497 e. The molecule has 0 bridgehead atoms. The zero-order valence-electron chi connectivity index (χ0n) is 21.5. The number of amides is 2. The quantitative estimate of drug-likeness (QED) is 0.537. The fourth-order valence-electron chi connectivity index (χ4n) is 4.21. The van der Waals surface area contributed by atoms with Crippen molar-refractivity contribution in [2.75, 3.05) is 20.8 Å². The predicted molar refractivity (Wildman–Crippen MR) is 141 cm³/mol. The molecule has 194 valence electrons. The lowest BCUT2D eigenvalue weighted by molar-refractivity contribution is 0.0948. The molecule has 0 unspecified atom stereocenters. The molecule has 2 amide bonds. The third kappa shape index (κ3) is 6.58. The normalized spacial score (nSPS) is 17.3. The zero-order chi connectivity index (χ0) is 26.4. The number of aryl methyl sites for hydroxylation is 1. The van der Waals surface area contributed by atoms with Gasteiger partial charge in [-0.2, -0.15) is 0 Å². The number of hydrogen-bond donors (Lipinski definition) is 2. The molecule has 2 aliphatic rings. The minimum absolute atomic E-state index is 0.0584. The molecular weight excluding hydrogens is 470 g/mol. The summed E-state index contributed by atoms with van der Waals surface area (Å²) in [5.41, 5.74) is 1.96. The lowest BCUT2D eigenvalue weighted by Crippen LogP contribution is -2.34. The first-order chi connectivity index (χ1) is 17.9. The highest BCUT2D eigenvalue weighted by molar-refractivity contribution is 5.99. The average Bonchev–Trinajstić information content (AvgIpc) is 3.63. The molecule has 1 aromatic heterocycles. The summed E-state index contributed by atoms with van der Waals surface area (Å²) in [7, 11) is 3.02. The maximum Gasteiger partial charge on any atom is 0.263 e. The number of nitrogens with one attached hydrogen (secondary N) is 2. The van der Waals surface area contributed by atoms with Crippen LogP contribution in [-0.4, -0.2) is 43.2 Å². The van der Waals surface area contributed by atoms with Gasteiger partial charge in [-0.05, 0) is 60.6 Å². The Labute approximate surface area is 216 Å². The number of fused-ring (bicyclic) bond motifs is 1. The summed E-state index contributed by atoms with van der Waals surface area (Å²) in [5.74, 6) is 1.40. The molecule has 1 fully saturated rings. The fourth-order valence-corrected chi connectivity index (χ4v) is 4.21. The molecular formula is C29H33N3O5. The van der Waals surface area contributed by atoms with Crippen molar-refractivity contribution in [1.29, 1.82) is 0 Å². The lowest BCUT2D eigenvalue weighted by Gasteiger charge is -2.15. The highest BCUT2D eigenvalue weighted by atomic mass is 16.5. The first kappa shape index (κ1) is 26.0. The van der Waals surface area contributed by atoms with E-state index in [4.69, 9.17) is 9.47 Å². The molecule has 8 heteroatoms. The van der Waals surface area contributed by atoms with Crippen molar-refractivity contribution in [1.82, 2.24) is 15.2 Å². The van der Waals surface area contributed by atoms with E-state index in [0.717, 1.165) is 30.8 Å². The van der Waals surface area contributed by atoms with Gasteiger partial charge in [-0.1, -0.05) is 37.3 Å². The Kier molecular flexibility index (Phi) is 8.28. The summed E-state index contributed by atoms with van der Waals surface area (Å²) in [5, 5.41) is 5.38. The van der Waals surface area contributed by atoms with Crippen LogP contribution in [0.3, 0.4) is 0 Å². The number of ether oxygens (including phenoxy) is 2. The SMILES string of the molecule is CNC(=O)c1cc(C(=O)N[C@@H]2C[C@H]2C)cn(Cc2cccc(OC)c2)c1=O.c1ccc2c(c1)CCCO2. The summed E-state index contributed by atoms with van der Waals surface area (Å²) in [6, 6.07) is 17.1. The molecule has 2 atom stereocenters. The van der Waals surface area contributed by atoms with E-state index in [0.29, 0.717) is 11.7 Å². The highest BCUT2D eigenvalue weighted by Crippen LogP contribution is 2.29. The number of carbonyl (C=O) groups is 2. The van der Waals surface area contributed by atoms with Crippen molar-refractivity contribution in [3.8, 4) is 11.5 Å². The largest absolute Gasteiger partial charge is 0.497 e. The summed E-state index contributed by atoms with van der Waals surface area (Å²) < 4.78 is 12.0. The maximum absolute atomic E-state index is 12.7. The van der Waals surface area contributed by atoms with Gasteiger partial charge in [-0.3, -0.25) is 14.4 Å². The van der Waals surface area contributed by atoms with Gasteiger partial charge in [0, 0.05) is 19.3 Å². The van der Waals surface area contributed by atoms with Gasteiger partial charge >= 0.3 is 0 Å². The molecule has 5 rings (SSSR count). The highest BCUT2D eigenvalue weighted by Gasteiger charge is 2.34. The smallest absolute Gasteiger partial charge is 0.263 e. The minimum atomic E-state index is -0.520. The van der Waals surface area contributed by atoms with Gasteiger partial charge in [0.05, 0.1) is 25.8 Å². The number of aromatic nitrogens is 1. The van der Waals surface area contributed by atoms with Gasteiger partial charge in [0.2, 0.25) is 0 Å². The van der Waals surface area contributed by atoms with E-state index in [1.807, 2.05) is 36.4 Å². The molecule has 2 heterocycles. The molecule has 0 saturated heterocycles. The number of benzene rings is 2. The van der Waals surface area contributed by atoms with Crippen molar-refractivity contribution in [3.05, 3.63) is 93.4 Å². The van der Waals surface area contributed by atoms with Gasteiger partial charge in [0.1, 0.15) is 17.1 Å². The third-order valence-corrected chi connectivity index (χ3v) is 6.55. The van der Waals surface area contributed by atoms with E-state index in [1.54, 1.807) is 7.11 Å². The Morgan fingerprint density at radius 1 is 1.11 bits per heavy atom. The van der Waals surface area contributed by atoms with Crippen LogP contribution in [0.25, 0.3) is 0 Å². The number of carbonyl (C=O) groups excluding carboxylic acids is 2. The second-order valence-electron chi connectivity index (χ2n) is 9.36. The topological polar surface area (TPSA) is 98.7 Å². The predicted octanol–water partition coefficient (Wildman–Crippen LogP) is 3.41. The van der Waals surface area contributed by atoms with E-state index >= 15 is 0 Å². The Morgan fingerprint density at radius 2 is 1.89 bits per heavy atom. The monoisotopic (exact) mass is 503 g/mol. The number of para-hydroxylation sites is 1. The lowest BCUT2D eigenvalue weighted by atomic mass is 10.1. The molecule has 1 aliphatic heterocycles. The number of rotatable bonds is 6. The fraction of sp³-hybridized carbons (Fsp3) is 0.345. The molecule has 1 aliphatic carbocycles. The average molecular weight is 504 g/mol. The summed E-state index contributed by atoms with van der Waals surface area (Å²) >= 11 is 0. The van der Waals surface area contributed by atoms with E-state index in [9.17, 15) is 14.4 Å². The van der Waals surface area contributed by atoms with Crippen LogP contribution in [0.4, 0.5) is 0 Å². The summed E-state index contributed by atoms with van der Waals surface area (Å²) in [4.78, 5) is 37.4. The maximum atomic E-state index is 12.7. The third-order valence-electron chi connectivity index (χ3n) is 6.55. The summed E-state index contributed by atoms with van der Waals surface area (Å²) in [6.07, 6.45) is 4.78. The molecule has 8 nitrogen and oxygen atoms in total. The first-order valence-electron chi connectivity index (χ1n) is 12.5. The van der Waals surface area contributed by atoms with Gasteiger partial charge in [-0.25, -0.2) is 0 Å². The number of pyridine rings is 1. The Morgan fingerprint density at radius 3 is 2.59 bits per heavy atom. The number of hydrogen-bond acceptors (Lipinski definition) is 5. The zero-order valence-corrected chi connectivity index (χ0v) is 21.5. The van der Waals surface area contributed by atoms with Gasteiger partial charge in [0.15, 0.2) is 0 Å². The van der Waals surface area contributed by atoms with Crippen molar-refractivity contribution in [3.63, 3.8) is 0 Å². The molecule has 37 heavy (non-hydrogen) atoms. The van der Waals surface area contributed by atoms with Crippen LogP contribution in [0.5, 0.6) is 11.5 Å². The van der Waals surface area contributed by atoms with Crippen molar-refractivity contribution >= 4 is 11.8 Å². The van der Waals surface area contributed by atoms with Crippen LogP contribution in [0.2, 0.25) is 0 Å². The van der Waals surface area contributed by atoms with Crippen LogP contribution in [0.1, 0.15) is 51.6 Å².